The molecule has 1 amide bonds. The van der Waals surface area contributed by atoms with Gasteiger partial charge < -0.3 is 20.1 Å². The summed E-state index contributed by atoms with van der Waals surface area (Å²) < 4.78 is 0. The first kappa shape index (κ1) is 23.1. The number of H-pyrrole nitrogens is 2. The normalized spacial score (nSPS) is 14.5. The van der Waals surface area contributed by atoms with Crippen LogP contribution in [0.3, 0.4) is 0 Å². The second-order valence-electron chi connectivity index (χ2n) is 9.54. The van der Waals surface area contributed by atoms with Gasteiger partial charge in [-0.2, -0.15) is 5.10 Å². The Kier molecular flexibility index (Phi) is 6.01. The summed E-state index contributed by atoms with van der Waals surface area (Å²) in [5.41, 5.74) is 6.94. The second kappa shape index (κ2) is 9.62. The number of carbonyl (C=O) groups excluding carboxylic acids is 1. The van der Waals surface area contributed by atoms with Crippen LogP contribution in [0, 0.1) is 0 Å². The van der Waals surface area contributed by atoms with Crippen LogP contribution in [0.2, 0.25) is 0 Å². The summed E-state index contributed by atoms with van der Waals surface area (Å²) in [6, 6.07) is 6.06. The van der Waals surface area contributed by atoms with Gasteiger partial charge in [0.2, 0.25) is 5.91 Å². The van der Waals surface area contributed by atoms with E-state index in [-0.39, 0.29) is 5.91 Å². The first-order chi connectivity index (χ1) is 18.1. The number of piperazine rings is 1. The number of pyridine rings is 3. The highest BCUT2D eigenvalue weighted by Crippen LogP contribution is 2.34. The molecule has 0 saturated carbocycles. The lowest BCUT2D eigenvalue weighted by atomic mass is 10.1. The summed E-state index contributed by atoms with van der Waals surface area (Å²) in [5.74, 6) is -0.0220. The molecule has 0 unspecified atom stereocenters. The standard InChI is InChI=1S/C27H29N9O/c1-3-4-26(37)31-18-9-17(12-28-13-18)21-11-20-24(15-30-21)33-34-27(20)22-10-19-23(32-22)14-29-16-25(19)36-7-5-35(2)6-8-36/h9-16,32H,3-8H2,1-2H3,(H,31,37)(H,33,34). The third-order valence-electron chi connectivity index (χ3n) is 6.87. The molecule has 6 heterocycles. The van der Waals surface area contributed by atoms with Gasteiger partial charge in [-0.3, -0.25) is 24.8 Å². The van der Waals surface area contributed by atoms with Crippen molar-refractivity contribution in [1.29, 1.82) is 0 Å². The van der Waals surface area contributed by atoms with Crippen LogP contribution >= 0.6 is 0 Å². The lowest BCUT2D eigenvalue weighted by Gasteiger charge is -2.34. The fraction of sp³-hybridized carbons (Fsp3) is 0.296. The molecule has 0 atom stereocenters. The Morgan fingerprint density at radius 2 is 1.81 bits per heavy atom. The largest absolute Gasteiger partial charge is 0.367 e. The van der Waals surface area contributed by atoms with Crippen molar-refractivity contribution >= 4 is 39.1 Å². The predicted octanol–water partition coefficient (Wildman–Crippen LogP) is 4.05. The van der Waals surface area contributed by atoms with Crippen LogP contribution in [0.5, 0.6) is 0 Å². The van der Waals surface area contributed by atoms with Crippen LogP contribution in [0.25, 0.3) is 44.5 Å². The summed E-state index contributed by atoms with van der Waals surface area (Å²) in [7, 11) is 2.16. The van der Waals surface area contributed by atoms with Crippen molar-refractivity contribution < 1.29 is 4.79 Å². The van der Waals surface area contributed by atoms with E-state index in [9.17, 15) is 4.79 Å². The van der Waals surface area contributed by atoms with Gasteiger partial charge in [-0.15, -0.1) is 0 Å². The first-order valence-electron chi connectivity index (χ1n) is 12.6. The summed E-state index contributed by atoms with van der Waals surface area (Å²) in [5, 5.41) is 12.7. The quantitative estimate of drug-likeness (QED) is 0.325. The number of rotatable bonds is 6. The molecule has 5 aromatic heterocycles. The van der Waals surface area contributed by atoms with Crippen molar-refractivity contribution in [1.82, 2.24) is 35.0 Å². The topological polar surface area (TPSA) is 119 Å². The van der Waals surface area contributed by atoms with E-state index in [4.69, 9.17) is 0 Å². The zero-order valence-corrected chi connectivity index (χ0v) is 21.0. The van der Waals surface area contributed by atoms with Crippen LogP contribution in [-0.4, -0.2) is 74.2 Å². The highest BCUT2D eigenvalue weighted by Gasteiger charge is 2.19. The number of hydrogen-bond acceptors (Lipinski definition) is 7. The van der Waals surface area contributed by atoms with E-state index in [0.717, 1.165) is 82.7 Å². The highest BCUT2D eigenvalue weighted by atomic mass is 16.1. The van der Waals surface area contributed by atoms with Gasteiger partial charge in [0.25, 0.3) is 0 Å². The fourth-order valence-electron chi connectivity index (χ4n) is 4.84. The molecule has 1 fully saturated rings. The van der Waals surface area contributed by atoms with Crippen molar-refractivity contribution in [2.75, 3.05) is 43.4 Å². The summed E-state index contributed by atoms with van der Waals surface area (Å²) >= 11 is 0. The number of aromatic nitrogens is 6. The number of nitrogens with one attached hydrogen (secondary N) is 3. The molecule has 188 valence electrons. The molecule has 1 aliphatic heterocycles. The molecule has 37 heavy (non-hydrogen) atoms. The molecule has 3 N–H and O–H groups in total. The number of nitrogens with zero attached hydrogens (tertiary/aromatic N) is 6. The predicted molar refractivity (Wildman–Crippen MR) is 145 cm³/mol. The molecule has 0 radical (unpaired) electrons. The number of aromatic amines is 2. The van der Waals surface area contributed by atoms with Gasteiger partial charge >= 0.3 is 0 Å². The minimum Gasteiger partial charge on any atom is -0.367 e. The van der Waals surface area contributed by atoms with Gasteiger partial charge in [-0.1, -0.05) is 6.92 Å². The third kappa shape index (κ3) is 4.51. The second-order valence-corrected chi connectivity index (χ2v) is 9.54. The van der Waals surface area contributed by atoms with Gasteiger partial charge in [0.15, 0.2) is 0 Å². The molecule has 0 aromatic carbocycles. The minimum absolute atomic E-state index is 0.0220. The minimum atomic E-state index is -0.0220. The number of carbonyl (C=O) groups is 1. The summed E-state index contributed by atoms with van der Waals surface area (Å²) in [6.07, 6.45) is 10.3. The Hall–Kier alpha value is -4.31. The van der Waals surface area contributed by atoms with E-state index >= 15 is 0 Å². The van der Waals surface area contributed by atoms with Crippen LogP contribution in [0.4, 0.5) is 11.4 Å². The number of likely N-dealkylation sites (N-methyl/N-ethyl adjacent to an activating group) is 1. The van der Waals surface area contributed by atoms with Gasteiger partial charge in [0, 0.05) is 55.1 Å². The molecule has 10 nitrogen and oxygen atoms in total. The van der Waals surface area contributed by atoms with E-state index in [0.29, 0.717) is 12.1 Å². The van der Waals surface area contributed by atoms with E-state index in [1.807, 2.05) is 31.5 Å². The molecular formula is C27H29N9O. The molecule has 1 saturated heterocycles. The van der Waals surface area contributed by atoms with Crippen LogP contribution in [0.15, 0.2) is 49.2 Å². The smallest absolute Gasteiger partial charge is 0.224 e. The van der Waals surface area contributed by atoms with Gasteiger partial charge in [-0.25, -0.2) is 0 Å². The van der Waals surface area contributed by atoms with E-state index < -0.39 is 0 Å². The highest BCUT2D eigenvalue weighted by molar-refractivity contribution is 6.00. The maximum absolute atomic E-state index is 12.0. The van der Waals surface area contributed by atoms with Crippen molar-refractivity contribution in [3.05, 3.63) is 49.2 Å². The summed E-state index contributed by atoms with van der Waals surface area (Å²) in [4.78, 5) is 33.7. The van der Waals surface area contributed by atoms with Crippen molar-refractivity contribution in [2.24, 2.45) is 0 Å². The summed E-state index contributed by atoms with van der Waals surface area (Å²) in [6.45, 7) is 6.00. The monoisotopic (exact) mass is 495 g/mol. The number of fused-ring (bicyclic) bond motifs is 2. The lowest BCUT2D eigenvalue weighted by Crippen LogP contribution is -2.44. The zero-order chi connectivity index (χ0) is 25.4. The molecular weight excluding hydrogens is 466 g/mol. The Labute approximate surface area is 214 Å². The van der Waals surface area contributed by atoms with E-state index in [1.54, 1.807) is 18.6 Å². The molecule has 0 spiro atoms. The third-order valence-corrected chi connectivity index (χ3v) is 6.87. The fourth-order valence-corrected chi connectivity index (χ4v) is 4.84. The average Bonchev–Trinajstić information content (AvgIpc) is 3.53. The molecule has 1 aliphatic rings. The Morgan fingerprint density at radius 1 is 0.973 bits per heavy atom. The maximum atomic E-state index is 12.0. The maximum Gasteiger partial charge on any atom is 0.224 e. The Balaban J connectivity index is 1.35. The van der Waals surface area contributed by atoms with Crippen LogP contribution < -0.4 is 10.2 Å². The molecule has 5 aromatic rings. The van der Waals surface area contributed by atoms with Crippen LogP contribution in [-0.2, 0) is 4.79 Å². The van der Waals surface area contributed by atoms with Gasteiger partial charge in [0.1, 0.15) is 5.69 Å². The number of hydrogen-bond donors (Lipinski definition) is 3. The zero-order valence-electron chi connectivity index (χ0n) is 21.0. The van der Waals surface area contributed by atoms with Gasteiger partial charge in [0.05, 0.1) is 58.6 Å². The molecule has 10 heteroatoms. The lowest BCUT2D eigenvalue weighted by molar-refractivity contribution is -0.116. The molecule has 0 bridgehead atoms. The Morgan fingerprint density at radius 3 is 2.65 bits per heavy atom. The Bertz CT molecular complexity index is 1580. The number of amides is 1. The van der Waals surface area contributed by atoms with Gasteiger partial charge in [-0.05, 0) is 31.7 Å². The average molecular weight is 496 g/mol. The van der Waals surface area contributed by atoms with Crippen molar-refractivity contribution in [3.63, 3.8) is 0 Å². The van der Waals surface area contributed by atoms with E-state index in [1.165, 1.54) is 0 Å². The number of anilines is 2. The van der Waals surface area contributed by atoms with Crippen molar-refractivity contribution in [3.8, 4) is 22.6 Å². The van der Waals surface area contributed by atoms with E-state index in [2.05, 4.69) is 58.4 Å². The molecule has 0 aliphatic carbocycles. The first-order valence-corrected chi connectivity index (χ1v) is 12.6. The van der Waals surface area contributed by atoms with Crippen molar-refractivity contribution in [2.45, 2.75) is 19.8 Å². The SMILES string of the molecule is CCCC(=O)Nc1cncc(-c2cc3c(-c4cc5c(N6CCN(C)CC6)cncc5[nH]4)n[nH]c3cn2)c1. The molecule has 6 rings (SSSR count). The van der Waals surface area contributed by atoms with Crippen LogP contribution in [0.1, 0.15) is 19.8 Å².